The van der Waals surface area contributed by atoms with Crippen molar-refractivity contribution in [3.05, 3.63) is 23.8 Å². The van der Waals surface area contributed by atoms with Crippen LogP contribution in [-0.2, 0) is 14.4 Å². The van der Waals surface area contributed by atoms with Gasteiger partial charge in [-0.1, -0.05) is 0 Å². The van der Waals surface area contributed by atoms with E-state index in [0.29, 0.717) is 0 Å². The van der Waals surface area contributed by atoms with Crippen LogP contribution in [0, 0.1) is 11.6 Å². The highest BCUT2D eigenvalue weighted by atomic mass is 19.3. The summed E-state index contributed by atoms with van der Waals surface area (Å²) in [5.41, 5.74) is -0.527. The van der Waals surface area contributed by atoms with Gasteiger partial charge >= 0.3 is 18.5 Å². The molecule has 188 valence electrons. The Balaban J connectivity index is 1.66. The number of aliphatic hydroxyl groups is 1. The summed E-state index contributed by atoms with van der Waals surface area (Å²) in [5.74, 6) is -3.48. The van der Waals surface area contributed by atoms with Crippen molar-refractivity contribution in [3.63, 3.8) is 0 Å². The van der Waals surface area contributed by atoms with Gasteiger partial charge in [0.05, 0.1) is 38.5 Å². The van der Waals surface area contributed by atoms with Gasteiger partial charge in [0.1, 0.15) is 11.8 Å². The van der Waals surface area contributed by atoms with E-state index >= 15 is 0 Å². The number of aliphatic hydroxyl groups excluding tert-OH is 1. The average molecular weight is 493 g/mol. The SMILES string of the molecule is O=C(NC[C@H]1CN(c2cc(F)c(N3CCON(C(=O)NCCO)CC3)c(F)c2)C(=O)O1)C(F)F. The molecule has 2 heterocycles. The standard InChI is InChI=1S/C19H23F4N5O6/c20-13-7-11(27-10-12(34-19(27)32)9-25-17(30)16(22)23)8-14(21)15(13)26-2-3-28(33-6-4-26)18(31)24-1-5-29/h7-8,12,16,29H,1-6,9-10H2,(H,24,31)(H,25,30)/t12-/m0/s1. The zero-order valence-electron chi connectivity index (χ0n) is 17.8. The van der Waals surface area contributed by atoms with Crippen molar-refractivity contribution in [1.82, 2.24) is 15.7 Å². The van der Waals surface area contributed by atoms with E-state index in [9.17, 15) is 31.9 Å². The number of carbonyl (C=O) groups excluding carboxylic acids is 3. The first-order chi connectivity index (χ1) is 16.2. The summed E-state index contributed by atoms with van der Waals surface area (Å²) in [6.45, 7) is -0.789. The number of halogens is 4. The number of anilines is 2. The van der Waals surface area contributed by atoms with Crippen molar-refractivity contribution in [2.75, 3.05) is 62.3 Å². The molecule has 2 saturated heterocycles. The van der Waals surface area contributed by atoms with Crippen LogP contribution in [0.5, 0.6) is 0 Å². The third kappa shape index (κ3) is 5.96. The molecule has 4 amide bonds. The summed E-state index contributed by atoms with van der Waals surface area (Å²) < 4.78 is 59.3. The van der Waals surface area contributed by atoms with Crippen LogP contribution in [-0.4, -0.2) is 93.2 Å². The Morgan fingerprint density at radius 2 is 1.85 bits per heavy atom. The number of alkyl halides is 2. The number of benzene rings is 1. The Kier molecular flexibility index (Phi) is 8.33. The Morgan fingerprint density at radius 3 is 2.50 bits per heavy atom. The molecule has 1 atom stereocenters. The van der Waals surface area contributed by atoms with Crippen LogP contribution in [0.1, 0.15) is 0 Å². The van der Waals surface area contributed by atoms with Crippen LogP contribution in [0.15, 0.2) is 12.1 Å². The summed E-state index contributed by atoms with van der Waals surface area (Å²) in [6.07, 6.45) is -5.15. The molecule has 34 heavy (non-hydrogen) atoms. The summed E-state index contributed by atoms with van der Waals surface area (Å²) in [5, 5.41) is 14.1. The number of ether oxygens (including phenoxy) is 1. The Hall–Kier alpha value is -3.33. The van der Waals surface area contributed by atoms with Crippen molar-refractivity contribution in [2.24, 2.45) is 0 Å². The van der Waals surface area contributed by atoms with Crippen molar-refractivity contribution in [3.8, 4) is 0 Å². The molecule has 0 aliphatic carbocycles. The maximum atomic E-state index is 14.9. The van der Waals surface area contributed by atoms with Gasteiger partial charge in [0.15, 0.2) is 11.6 Å². The fraction of sp³-hybridized carbons (Fsp3) is 0.526. The van der Waals surface area contributed by atoms with E-state index in [2.05, 4.69) is 5.32 Å². The Morgan fingerprint density at radius 1 is 1.15 bits per heavy atom. The number of rotatable bonds is 7. The van der Waals surface area contributed by atoms with Gasteiger partial charge < -0.3 is 25.4 Å². The zero-order valence-corrected chi connectivity index (χ0v) is 17.8. The molecule has 1 aromatic rings. The molecule has 15 heteroatoms. The number of amides is 4. The van der Waals surface area contributed by atoms with E-state index < -0.39 is 42.2 Å². The number of nitrogens with one attached hydrogen (secondary N) is 2. The molecule has 2 aliphatic rings. The van der Waals surface area contributed by atoms with Gasteiger partial charge in [-0.2, -0.15) is 8.78 Å². The highest BCUT2D eigenvalue weighted by Gasteiger charge is 2.34. The summed E-state index contributed by atoms with van der Waals surface area (Å²) in [7, 11) is 0. The predicted molar refractivity (Wildman–Crippen MR) is 108 cm³/mol. The number of carbonyl (C=O) groups is 3. The molecule has 2 fully saturated rings. The summed E-state index contributed by atoms with van der Waals surface area (Å²) in [4.78, 5) is 42.6. The number of hydrogen-bond donors (Lipinski definition) is 3. The highest BCUT2D eigenvalue weighted by molar-refractivity contribution is 5.90. The van der Waals surface area contributed by atoms with Gasteiger partial charge in [-0.25, -0.2) is 23.4 Å². The van der Waals surface area contributed by atoms with Gasteiger partial charge in [-0.3, -0.25) is 14.5 Å². The van der Waals surface area contributed by atoms with E-state index in [4.69, 9.17) is 14.7 Å². The van der Waals surface area contributed by atoms with Gasteiger partial charge in [-0.05, 0) is 0 Å². The lowest BCUT2D eigenvalue weighted by molar-refractivity contribution is -0.132. The van der Waals surface area contributed by atoms with Crippen LogP contribution in [0.2, 0.25) is 0 Å². The minimum absolute atomic E-state index is 0.0115. The molecular formula is C19H23F4N5O6. The molecule has 3 N–H and O–H groups in total. The lowest BCUT2D eigenvalue weighted by Gasteiger charge is -2.24. The fourth-order valence-corrected chi connectivity index (χ4v) is 3.42. The summed E-state index contributed by atoms with van der Waals surface area (Å²) >= 11 is 0. The molecule has 3 rings (SSSR count). The second-order valence-corrected chi connectivity index (χ2v) is 7.30. The minimum atomic E-state index is -3.23. The lowest BCUT2D eigenvalue weighted by atomic mass is 10.2. The number of cyclic esters (lactones) is 1. The van der Waals surface area contributed by atoms with Crippen LogP contribution < -0.4 is 20.4 Å². The maximum Gasteiger partial charge on any atom is 0.414 e. The third-order valence-electron chi connectivity index (χ3n) is 5.00. The second kappa shape index (κ2) is 11.2. The normalized spacial score (nSPS) is 18.7. The van der Waals surface area contributed by atoms with Gasteiger partial charge in [0.2, 0.25) is 0 Å². The minimum Gasteiger partial charge on any atom is -0.442 e. The maximum absolute atomic E-state index is 14.9. The van der Waals surface area contributed by atoms with E-state index in [1.54, 1.807) is 0 Å². The molecule has 0 radical (unpaired) electrons. The summed E-state index contributed by atoms with van der Waals surface area (Å²) in [6, 6.07) is 1.26. The van der Waals surface area contributed by atoms with E-state index in [1.165, 1.54) is 4.90 Å². The quantitative estimate of drug-likeness (QED) is 0.471. The monoisotopic (exact) mass is 493 g/mol. The van der Waals surface area contributed by atoms with Gasteiger partial charge in [0.25, 0.3) is 5.91 Å². The molecule has 0 bridgehead atoms. The first kappa shape index (κ1) is 25.3. The predicted octanol–water partition coefficient (Wildman–Crippen LogP) is 0.427. The van der Waals surface area contributed by atoms with Crippen molar-refractivity contribution < 1.29 is 46.6 Å². The first-order valence-corrected chi connectivity index (χ1v) is 10.3. The molecule has 0 saturated carbocycles. The van der Waals surface area contributed by atoms with Crippen molar-refractivity contribution in [2.45, 2.75) is 12.5 Å². The number of nitrogens with zero attached hydrogens (tertiary/aromatic N) is 3. The van der Waals surface area contributed by atoms with Crippen LogP contribution >= 0.6 is 0 Å². The van der Waals surface area contributed by atoms with Gasteiger partial charge in [-0.15, -0.1) is 0 Å². The number of hydroxylamine groups is 2. The molecule has 0 unspecified atom stereocenters. The lowest BCUT2D eigenvalue weighted by Crippen LogP contribution is -2.42. The van der Waals surface area contributed by atoms with E-state index in [-0.39, 0.29) is 63.9 Å². The Bertz CT molecular complexity index is 900. The zero-order chi connectivity index (χ0) is 24.8. The molecule has 0 aromatic heterocycles. The largest absolute Gasteiger partial charge is 0.442 e. The smallest absolute Gasteiger partial charge is 0.414 e. The van der Waals surface area contributed by atoms with Crippen molar-refractivity contribution in [1.29, 1.82) is 0 Å². The van der Waals surface area contributed by atoms with Gasteiger partial charge in [0, 0.05) is 31.8 Å². The topological polar surface area (TPSA) is 124 Å². The third-order valence-corrected chi connectivity index (χ3v) is 5.00. The molecule has 1 aromatic carbocycles. The Labute approximate surface area is 191 Å². The molecule has 0 spiro atoms. The number of urea groups is 1. The average Bonchev–Trinajstić information content (AvgIpc) is 3.00. The molecular weight excluding hydrogens is 470 g/mol. The fourth-order valence-electron chi connectivity index (χ4n) is 3.42. The van der Waals surface area contributed by atoms with E-state index in [0.717, 1.165) is 22.1 Å². The molecule has 11 nitrogen and oxygen atoms in total. The van der Waals surface area contributed by atoms with Crippen LogP contribution in [0.25, 0.3) is 0 Å². The van der Waals surface area contributed by atoms with Crippen LogP contribution in [0.4, 0.5) is 38.5 Å². The first-order valence-electron chi connectivity index (χ1n) is 10.3. The van der Waals surface area contributed by atoms with Crippen molar-refractivity contribution >= 4 is 29.4 Å². The van der Waals surface area contributed by atoms with Crippen LogP contribution in [0.3, 0.4) is 0 Å². The van der Waals surface area contributed by atoms with E-state index in [1.807, 2.05) is 5.32 Å². The second-order valence-electron chi connectivity index (χ2n) is 7.30. The number of hydrogen-bond acceptors (Lipinski definition) is 7. The molecule has 2 aliphatic heterocycles. The highest BCUT2D eigenvalue weighted by Crippen LogP contribution is 2.31.